The second-order valence-electron chi connectivity index (χ2n) is 7.08. The van der Waals surface area contributed by atoms with Crippen molar-refractivity contribution in [1.29, 1.82) is 0 Å². The Balaban J connectivity index is 1.58. The maximum Gasteiger partial charge on any atom is 0.305 e. The molecule has 4 rings (SSSR count). The number of anilines is 1. The van der Waals surface area contributed by atoms with Gasteiger partial charge in [0.05, 0.1) is 16.7 Å². The molecule has 0 spiro atoms. The summed E-state index contributed by atoms with van der Waals surface area (Å²) in [5.41, 5.74) is 3.37. The first-order valence-electron chi connectivity index (χ1n) is 9.81. The molecule has 3 aromatic heterocycles. The third-order valence-electron chi connectivity index (χ3n) is 4.98. The normalized spacial score (nSPS) is 12.1. The molecular weight excluding hydrogens is 380 g/mol. The van der Waals surface area contributed by atoms with E-state index in [9.17, 15) is 0 Å². The van der Waals surface area contributed by atoms with Gasteiger partial charge in [-0.15, -0.1) is 0 Å². The number of nitrogens with zero attached hydrogens (tertiary/aromatic N) is 7. The van der Waals surface area contributed by atoms with Crippen LogP contribution in [0, 0.1) is 5.92 Å². The third kappa shape index (κ3) is 3.86. The van der Waals surface area contributed by atoms with Gasteiger partial charge < -0.3 is 10.1 Å². The first-order valence-corrected chi connectivity index (χ1v) is 9.81. The number of ether oxygens (including phenoxy) is 1. The van der Waals surface area contributed by atoms with E-state index in [2.05, 4.69) is 51.2 Å². The van der Waals surface area contributed by atoms with Gasteiger partial charge in [-0.1, -0.05) is 43.7 Å². The standard InChI is InChI=1S/C21H24N8O/c1-5-14(2)15(3)22-19-12-8-9-16(23-19)13-30-21-24-17-10-6-7-11-18(17)29(21)20-25-26-27-28(20)4/h6-12,14H,3,5,13H2,1-2,4H3,(H,22,23). The number of fused-ring (bicyclic) bond motifs is 1. The zero-order valence-electron chi connectivity index (χ0n) is 17.3. The summed E-state index contributed by atoms with van der Waals surface area (Å²) in [5, 5.41) is 15.0. The monoisotopic (exact) mass is 404 g/mol. The Labute approximate surface area is 174 Å². The highest BCUT2D eigenvalue weighted by molar-refractivity contribution is 5.78. The van der Waals surface area contributed by atoms with Crippen LogP contribution >= 0.6 is 0 Å². The molecule has 154 valence electrons. The van der Waals surface area contributed by atoms with Crippen LogP contribution in [-0.2, 0) is 13.7 Å². The van der Waals surface area contributed by atoms with Crippen molar-refractivity contribution in [1.82, 2.24) is 34.7 Å². The molecule has 0 aliphatic carbocycles. The number of tetrazole rings is 1. The minimum absolute atomic E-state index is 0.250. The SMILES string of the molecule is C=C(Nc1cccc(COc2nc3ccccc3n2-c2nnnn2C)n1)C(C)CC. The summed E-state index contributed by atoms with van der Waals surface area (Å²) in [5.74, 6) is 1.63. The van der Waals surface area contributed by atoms with Crippen LogP contribution in [0.2, 0.25) is 0 Å². The fraction of sp³-hybridized carbons (Fsp3) is 0.286. The summed E-state index contributed by atoms with van der Waals surface area (Å²) in [6, 6.07) is 13.9. The Morgan fingerprint density at radius 3 is 2.77 bits per heavy atom. The Bertz CT molecular complexity index is 1180. The molecule has 0 radical (unpaired) electrons. The molecule has 1 aromatic carbocycles. The van der Waals surface area contributed by atoms with Crippen LogP contribution in [0.1, 0.15) is 26.0 Å². The number of allylic oxidation sites excluding steroid dienone is 1. The van der Waals surface area contributed by atoms with Crippen LogP contribution < -0.4 is 10.1 Å². The molecule has 0 saturated carbocycles. The minimum Gasteiger partial charge on any atom is -0.458 e. The van der Waals surface area contributed by atoms with Gasteiger partial charge >= 0.3 is 6.01 Å². The number of hydrogen-bond donors (Lipinski definition) is 1. The lowest BCUT2D eigenvalue weighted by Crippen LogP contribution is -2.10. The van der Waals surface area contributed by atoms with Gasteiger partial charge in [0.15, 0.2) is 0 Å². The lowest BCUT2D eigenvalue weighted by atomic mass is 10.1. The lowest BCUT2D eigenvalue weighted by molar-refractivity contribution is 0.272. The summed E-state index contributed by atoms with van der Waals surface area (Å²) in [7, 11) is 1.77. The number of aromatic nitrogens is 7. The van der Waals surface area contributed by atoms with E-state index < -0.39 is 0 Å². The van der Waals surface area contributed by atoms with Crippen molar-refractivity contribution in [3.8, 4) is 12.0 Å². The van der Waals surface area contributed by atoms with E-state index in [1.54, 1.807) is 16.3 Å². The number of rotatable bonds is 8. The molecule has 1 unspecified atom stereocenters. The van der Waals surface area contributed by atoms with Gasteiger partial charge in [0.2, 0.25) is 0 Å². The van der Waals surface area contributed by atoms with Gasteiger partial charge in [-0.2, -0.15) is 4.98 Å². The minimum atomic E-state index is 0.250. The molecule has 4 aromatic rings. The number of imidazole rings is 1. The average Bonchev–Trinajstić information content (AvgIpc) is 3.34. The van der Waals surface area contributed by atoms with Crippen LogP contribution in [-0.4, -0.2) is 34.7 Å². The summed E-state index contributed by atoms with van der Waals surface area (Å²) in [6.07, 6.45) is 1.02. The van der Waals surface area contributed by atoms with Crippen molar-refractivity contribution in [2.45, 2.75) is 26.9 Å². The van der Waals surface area contributed by atoms with Gasteiger partial charge in [0.1, 0.15) is 12.4 Å². The largest absolute Gasteiger partial charge is 0.458 e. The highest BCUT2D eigenvalue weighted by Gasteiger charge is 2.18. The van der Waals surface area contributed by atoms with E-state index in [0.29, 0.717) is 17.9 Å². The number of nitrogens with one attached hydrogen (secondary N) is 1. The smallest absolute Gasteiger partial charge is 0.305 e. The van der Waals surface area contributed by atoms with Crippen molar-refractivity contribution in [2.75, 3.05) is 5.32 Å². The maximum atomic E-state index is 6.05. The predicted molar refractivity (Wildman–Crippen MR) is 114 cm³/mol. The first kappa shape index (κ1) is 19.6. The highest BCUT2D eigenvalue weighted by Crippen LogP contribution is 2.25. The molecule has 9 nitrogen and oxygen atoms in total. The Morgan fingerprint density at radius 2 is 2.00 bits per heavy atom. The van der Waals surface area contributed by atoms with E-state index in [0.717, 1.165) is 34.7 Å². The quantitative estimate of drug-likeness (QED) is 0.480. The van der Waals surface area contributed by atoms with Gasteiger partial charge in [-0.05, 0) is 47.0 Å². The molecule has 0 bridgehead atoms. The van der Waals surface area contributed by atoms with Crippen molar-refractivity contribution < 1.29 is 4.74 Å². The third-order valence-corrected chi connectivity index (χ3v) is 4.98. The molecular formula is C21H24N8O. The number of benzene rings is 1. The van der Waals surface area contributed by atoms with E-state index in [-0.39, 0.29) is 6.61 Å². The molecule has 1 N–H and O–H groups in total. The Morgan fingerprint density at radius 1 is 1.17 bits per heavy atom. The van der Waals surface area contributed by atoms with Gasteiger partial charge in [-0.25, -0.2) is 14.2 Å². The number of pyridine rings is 1. The topological polar surface area (TPSA) is 95.6 Å². The predicted octanol–water partition coefficient (Wildman–Crippen LogP) is 3.49. The molecule has 0 saturated heterocycles. The highest BCUT2D eigenvalue weighted by atomic mass is 16.5. The molecule has 1 atom stereocenters. The molecule has 0 amide bonds. The Hall–Kier alpha value is -3.75. The van der Waals surface area contributed by atoms with Crippen molar-refractivity contribution >= 4 is 16.9 Å². The van der Waals surface area contributed by atoms with Crippen LogP contribution in [0.25, 0.3) is 17.0 Å². The molecule has 0 aliphatic heterocycles. The molecule has 9 heteroatoms. The van der Waals surface area contributed by atoms with Crippen molar-refractivity contribution in [2.24, 2.45) is 13.0 Å². The lowest BCUT2D eigenvalue weighted by Gasteiger charge is -2.15. The maximum absolute atomic E-state index is 6.05. The van der Waals surface area contributed by atoms with Gasteiger partial charge in [0.25, 0.3) is 5.95 Å². The fourth-order valence-corrected chi connectivity index (χ4v) is 3.01. The number of para-hydroxylation sites is 2. The molecule has 30 heavy (non-hydrogen) atoms. The number of aryl methyl sites for hydroxylation is 1. The van der Waals surface area contributed by atoms with Crippen LogP contribution in [0.15, 0.2) is 54.7 Å². The fourth-order valence-electron chi connectivity index (χ4n) is 3.01. The Kier molecular flexibility index (Phi) is 5.42. The van der Waals surface area contributed by atoms with E-state index in [1.165, 1.54) is 0 Å². The molecule has 0 aliphatic rings. The van der Waals surface area contributed by atoms with E-state index in [4.69, 9.17) is 4.74 Å². The molecule has 0 fully saturated rings. The summed E-state index contributed by atoms with van der Waals surface area (Å²) < 4.78 is 9.41. The number of hydrogen-bond acceptors (Lipinski definition) is 7. The summed E-state index contributed by atoms with van der Waals surface area (Å²) in [6.45, 7) is 8.62. The zero-order valence-corrected chi connectivity index (χ0v) is 17.3. The van der Waals surface area contributed by atoms with Gasteiger partial charge in [-0.3, -0.25) is 0 Å². The van der Waals surface area contributed by atoms with Crippen molar-refractivity contribution in [3.05, 3.63) is 60.4 Å². The summed E-state index contributed by atoms with van der Waals surface area (Å²) >= 11 is 0. The van der Waals surface area contributed by atoms with E-state index >= 15 is 0 Å². The first-order chi connectivity index (χ1) is 14.6. The average molecular weight is 404 g/mol. The van der Waals surface area contributed by atoms with E-state index in [1.807, 2.05) is 42.5 Å². The summed E-state index contributed by atoms with van der Waals surface area (Å²) in [4.78, 5) is 9.23. The second kappa shape index (κ2) is 8.32. The zero-order chi connectivity index (χ0) is 21.1. The molecule has 3 heterocycles. The van der Waals surface area contributed by atoms with Crippen LogP contribution in [0.3, 0.4) is 0 Å². The van der Waals surface area contributed by atoms with Crippen LogP contribution in [0.5, 0.6) is 6.01 Å². The van der Waals surface area contributed by atoms with Crippen LogP contribution in [0.4, 0.5) is 5.82 Å². The second-order valence-corrected chi connectivity index (χ2v) is 7.08. The van der Waals surface area contributed by atoms with Crippen molar-refractivity contribution in [3.63, 3.8) is 0 Å². The van der Waals surface area contributed by atoms with Gasteiger partial charge in [0, 0.05) is 12.7 Å².